The maximum atomic E-state index is 10.8. The van der Waals surface area contributed by atoms with Crippen LogP contribution in [-0.4, -0.2) is 22.9 Å². The number of allylic oxidation sites excluding steroid dienone is 3. The minimum Gasteiger partial charge on any atom is -0.394 e. The Morgan fingerprint density at radius 3 is 2.59 bits per heavy atom. The van der Waals surface area contributed by atoms with Crippen LogP contribution in [0, 0.1) is 0 Å². The van der Waals surface area contributed by atoms with Gasteiger partial charge < -0.3 is 5.11 Å². The molecule has 0 saturated carbocycles. The van der Waals surface area contributed by atoms with E-state index in [-0.39, 0.29) is 6.61 Å². The van der Waals surface area contributed by atoms with Crippen LogP contribution >= 0.6 is 11.6 Å². The molecule has 1 aromatic rings. The zero-order valence-electron chi connectivity index (χ0n) is 9.27. The Hall–Kier alpha value is -1.38. The molecule has 1 aliphatic rings. The number of carbonyl (C=O) groups excluding carboxylic acids is 1. The number of hydrogen-bond acceptors (Lipinski definition) is 2. The maximum Gasteiger partial charge on any atom is 0.146 e. The van der Waals surface area contributed by atoms with Crippen molar-refractivity contribution >= 4 is 23.5 Å². The third-order valence-electron chi connectivity index (χ3n) is 2.92. The molecule has 2 rings (SSSR count). The molecule has 0 amide bonds. The quantitative estimate of drug-likeness (QED) is 0.659. The minimum absolute atomic E-state index is 0.194. The lowest BCUT2D eigenvalue weighted by Crippen LogP contribution is -2.30. The summed E-state index contributed by atoms with van der Waals surface area (Å²) in [6, 6.07) is 9.65. The van der Waals surface area contributed by atoms with Gasteiger partial charge in [0, 0.05) is 6.42 Å². The topological polar surface area (TPSA) is 37.3 Å². The third-order valence-corrected chi connectivity index (χ3v) is 3.37. The van der Waals surface area contributed by atoms with E-state index in [2.05, 4.69) is 0 Å². The summed E-state index contributed by atoms with van der Waals surface area (Å²) < 4.78 is 0. The first-order chi connectivity index (χ1) is 8.19. The molecule has 2 nitrogen and oxygen atoms in total. The molecule has 0 bridgehead atoms. The van der Waals surface area contributed by atoms with Crippen LogP contribution in [0.25, 0.3) is 5.57 Å². The molecule has 0 saturated heterocycles. The molecule has 1 unspecified atom stereocenters. The lowest BCUT2D eigenvalue weighted by atomic mass is 9.83. The molecule has 3 heteroatoms. The predicted octanol–water partition coefficient (Wildman–Crippen LogP) is 2.57. The van der Waals surface area contributed by atoms with Crippen molar-refractivity contribution in [2.45, 2.75) is 11.3 Å². The van der Waals surface area contributed by atoms with Gasteiger partial charge in [-0.2, -0.15) is 0 Å². The molecule has 0 spiro atoms. The van der Waals surface area contributed by atoms with E-state index in [0.717, 1.165) is 17.4 Å². The Kier molecular flexibility index (Phi) is 3.46. The highest BCUT2D eigenvalue weighted by Crippen LogP contribution is 2.40. The van der Waals surface area contributed by atoms with Gasteiger partial charge in [0.25, 0.3) is 0 Å². The van der Waals surface area contributed by atoms with Crippen molar-refractivity contribution in [3.63, 3.8) is 0 Å². The molecule has 17 heavy (non-hydrogen) atoms. The lowest BCUT2D eigenvalue weighted by molar-refractivity contribution is -0.105. The highest BCUT2D eigenvalue weighted by atomic mass is 35.5. The molecule has 1 aliphatic carbocycles. The van der Waals surface area contributed by atoms with E-state index in [9.17, 15) is 9.90 Å². The number of carbonyl (C=O) groups is 1. The van der Waals surface area contributed by atoms with Crippen LogP contribution in [0.1, 0.15) is 12.0 Å². The summed E-state index contributed by atoms with van der Waals surface area (Å²) in [5.74, 6) is 0. The van der Waals surface area contributed by atoms with Gasteiger partial charge in [0.05, 0.1) is 11.5 Å². The van der Waals surface area contributed by atoms with E-state index < -0.39 is 4.87 Å². The molecule has 0 radical (unpaired) electrons. The summed E-state index contributed by atoms with van der Waals surface area (Å²) >= 11 is 6.42. The predicted molar refractivity (Wildman–Crippen MR) is 68.9 cm³/mol. The van der Waals surface area contributed by atoms with Crippen LogP contribution in [0.2, 0.25) is 0 Å². The second-order valence-electron chi connectivity index (χ2n) is 4.11. The Morgan fingerprint density at radius 2 is 2.00 bits per heavy atom. The Bertz CT molecular complexity index is 476. The van der Waals surface area contributed by atoms with Gasteiger partial charge in [0.15, 0.2) is 0 Å². The van der Waals surface area contributed by atoms with Gasteiger partial charge in [-0.3, -0.25) is 4.79 Å². The highest BCUT2D eigenvalue weighted by molar-refractivity contribution is 6.31. The van der Waals surface area contributed by atoms with E-state index >= 15 is 0 Å². The third kappa shape index (κ3) is 2.33. The van der Waals surface area contributed by atoms with Crippen molar-refractivity contribution in [3.05, 3.63) is 53.6 Å². The normalized spacial score (nSPS) is 23.9. The van der Waals surface area contributed by atoms with Gasteiger partial charge >= 0.3 is 0 Å². The Labute approximate surface area is 105 Å². The van der Waals surface area contributed by atoms with Crippen LogP contribution < -0.4 is 0 Å². The molecule has 1 atom stereocenters. The van der Waals surface area contributed by atoms with E-state index in [0.29, 0.717) is 12.0 Å². The van der Waals surface area contributed by atoms with Crippen molar-refractivity contribution in [3.8, 4) is 0 Å². The van der Waals surface area contributed by atoms with Crippen LogP contribution in [0.15, 0.2) is 48.1 Å². The smallest absolute Gasteiger partial charge is 0.146 e. The zero-order chi connectivity index (χ0) is 12.3. The average Bonchev–Trinajstić information content (AvgIpc) is 2.39. The van der Waals surface area contributed by atoms with Crippen LogP contribution in [0.4, 0.5) is 0 Å². The summed E-state index contributed by atoms with van der Waals surface area (Å²) in [6.45, 7) is -0.194. The number of rotatable bonds is 3. The molecule has 1 N–H and O–H groups in total. The number of hydrogen-bond donors (Lipinski definition) is 1. The summed E-state index contributed by atoms with van der Waals surface area (Å²) in [7, 11) is 0. The maximum absolute atomic E-state index is 10.8. The average molecular weight is 249 g/mol. The van der Waals surface area contributed by atoms with Gasteiger partial charge in [-0.15, -0.1) is 11.6 Å². The summed E-state index contributed by atoms with van der Waals surface area (Å²) in [5, 5.41) is 9.48. The van der Waals surface area contributed by atoms with Gasteiger partial charge in [0.1, 0.15) is 6.29 Å². The second-order valence-corrected chi connectivity index (χ2v) is 4.83. The molecule has 88 valence electrons. The number of aldehydes is 1. The second kappa shape index (κ2) is 4.86. The first-order valence-corrected chi connectivity index (χ1v) is 5.79. The highest BCUT2D eigenvalue weighted by Gasteiger charge is 2.34. The number of aliphatic hydroxyl groups excluding tert-OH is 1. The SMILES string of the molecule is O=CC1=CC=C(c2ccccc2)C(Cl)(CO)C1. The largest absolute Gasteiger partial charge is 0.394 e. The lowest BCUT2D eigenvalue weighted by Gasteiger charge is -2.30. The summed E-state index contributed by atoms with van der Waals surface area (Å²) in [4.78, 5) is 9.87. The van der Waals surface area contributed by atoms with Crippen molar-refractivity contribution in [1.29, 1.82) is 0 Å². The Morgan fingerprint density at radius 1 is 1.29 bits per heavy atom. The fourth-order valence-corrected chi connectivity index (χ4v) is 2.34. The molecule has 1 aromatic carbocycles. The fraction of sp³-hybridized carbons (Fsp3) is 0.214. The van der Waals surface area contributed by atoms with Crippen molar-refractivity contribution in [1.82, 2.24) is 0 Å². The summed E-state index contributed by atoms with van der Waals surface area (Å²) in [6.07, 6.45) is 4.71. The number of halogens is 1. The Balaban J connectivity index is 2.46. The number of aliphatic hydroxyl groups is 1. The fourth-order valence-electron chi connectivity index (χ4n) is 2.01. The van der Waals surface area contributed by atoms with Gasteiger partial charge in [-0.05, 0) is 16.7 Å². The molecule has 0 heterocycles. The van der Waals surface area contributed by atoms with E-state index in [4.69, 9.17) is 11.6 Å². The van der Waals surface area contributed by atoms with Gasteiger partial charge in [-0.25, -0.2) is 0 Å². The zero-order valence-corrected chi connectivity index (χ0v) is 10.0. The molecule has 0 fully saturated rings. The molecular formula is C14H13ClO2. The monoisotopic (exact) mass is 248 g/mol. The van der Waals surface area contributed by atoms with E-state index in [1.807, 2.05) is 36.4 Å². The summed E-state index contributed by atoms with van der Waals surface area (Å²) in [5.41, 5.74) is 2.43. The first-order valence-electron chi connectivity index (χ1n) is 5.41. The van der Waals surface area contributed by atoms with Crippen molar-refractivity contribution in [2.75, 3.05) is 6.61 Å². The van der Waals surface area contributed by atoms with Crippen molar-refractivity contribution < 1.29 is 9.90 Å². The van der Waals surface area contributed by atoms with Gasteiger partial charge in [0.2, 0.25) is 0 Å². The van der Waals surface area contributed by atoms with Crippen molar-refractivity contribution in [2.24, 2.45) is 0 Å². The van der Waals surface area contributed by atoms with Crippen LogP contribution in [0.3, 0.4) is 0 Å². The van der Waals surface area contributed by atoms with E-state index in [1.165, 1.54) is 0 Å². The number of alkyl halides is 1. The van der Waals surface area contributed by atoms with Crippen LogP contribution in [-0.2, 0) is 4.79 Å². The van der Waals surface area contributed by atoms with Gasteiger partial charge in [-0.1, -0.05) is 42.5 Å². The first kappa shape index (κ1) is 12.1. The number of benzene rings is 1. The standard InChI is InChI=1S/C14H13ClO2/c15-14(10-17)8-11(9-16)6-7-13(14)12-4-2-1-3-5-12/h1-7,9,17H,8,10H2. The molecule has 0 aromatic heterocycles. The minimum atomic E-state index is -0.896. The molecule has 0 aliphatic heterocycles. The van der Waals surface area contributed by atoms with E-state index in [1.54, 1.807) is 6.08 Å². The molecular weight excluding hydrogens is 236 g/mol. The van der Waals surface area contributed by atoms with Crippen LogP contribution in [0.5, 0.6) is 0 Å².